The molecule has 1 atom stereocenters. The fraction of sp³-hybridized carbons (Fsp3) is 0.185. The van der Waals surface area contributed by atoms with Gasteiger partial charge in [0.25, 0.3) is 0 Å². The van der Waals surface area contributed by atoms with Gasteiger partial charge in [0.2, 0.25) is 11.8 Å². The van der Waals surface area contributed by atoms with Crippen molar-refractivity contribution in [3.63, 3.8) is 0 Å². The Morgan fingerprint density at radius 3 is 2.44 bits per heavy atom. The van der Waals surface area contributed by atoms with Crippen molar-refractivity contribution in [2.45, 2.75) is 26.2 Å². The van der Waals surface area contributed by atoms with Crippen molar-refractivity contribution < 1.29 is 14.6 Å². The number of aromatic hydroxyl groups is 1. The summed E-state index contributed by atoms with van der Waals surface area (Å²) in [6.07, 6.45) is 0.481. The summed E-state index contributed by atoms with van der Waals surface area (Å²) in [5, 5.41) is 12.8. The van der Waals surface area contributed by atoms with E-state index in [-0.39, 0.29) is 22.6 Å². The van der Waals surface area contributed by atoms with Crippen LogP contribution in [0.25, 0.3) is 11.1 Å². The van der Waals surface area contributed by atoms with Gasteiger partial charge in [0.15, 0.2) is 0 Å². The molecule has 0 bridgehead atoms. The van der Waals surface area contributed by atoms with Gasteiger partial charge in [-0.1, -0.05) is 59.9 Å². The van der Waals surface area contributed by atoms with Crippen LogP contribution in [0.5, 0.6) is 11.6 Å². The number of H-pyrrole nitrogens is 1. The molecule has 0 aliphatic heterocycles. The number of thiazole rings is 1. The molecule has 6 nitrogen and oxygen atoms in total. The van der Waals surface area contributed by atoms with Gasteiger partial charge in [-0.15, -0.1) is 0 Å². The minimum Gasteiger partial charge on any atom is -0.494 e. The van der Waals surface area contributed by atoms with E-state index >= 15 is 0 Å². The lowest BCUT2D eigenvalue weighted by Gasteiger charge is -2.14. The predicted molar refractivity (Wildman–Crippen MR) is 136 cm³/mol. The van der Waals surface area contributed by atoms with Crippen molar-refractivity contribution >= 4 is 22.9 Å². The van der Waals surface area contributed by atoms with E-state index in [9.17, 15) is 14.7 Å². The number of ether oxygens (including phenoxy) is 1. The summed E-state index contributed by atoms with van der Waals surface area (Å²) in [7, 11) is 0. The molecule has 4 rings (SSSR count). The molecule has 1 unspecified atom stereocenters. The van der Waals surface area contributed by atoms with Crippen LogP contribution in [-0.4, -0.2) is 22.6 Å². The number of hydrogen-bond acceptors (Lipinski definition) is 5. The number of aromatic nitrogens is 1. The van der Waals surface area contributed by atoms with E-state index in [1.165, 1.54) is 0 Å². The van der Waals surface area contributed by atoms with Crippen LogP contribution in [0.3, 0.4) is 0 Å². The third kappa shape index (κ3) is 5.55. The summed E-state index contributed by atoms with van der Waals surface area (Å²) in [5.41, 5.74) is 4.62. The zero-order chi connectivity index (χ0) is 24.1. The molecule has 0 spiro atoms. The molecule has 7 heteroatoms. The van der Waals surface area contributed by atoms with Gasteiger partial charge in [-0.3, -0.25) is 14.6 Å². The highest BCUT2D eigenvalue weighted by Gasteiger charge is 2.16. The molecule has 1 aromatic heterocycles. The van der Waals surface area contributed by atoms with E-state index in [4.69, 9.17) is 4.74 Å². The van der Waals surface area contributed by atoms with Gasteiger partial charge in [0.1, 0.15) is 5.75 Å². The molecule has 4 aromatic rings. The van der Waals surface area contributed by atoms with Gasteiger partial charge in [-0.2, -0.15) is 0 Å². The lowest BCUT2D eigenvalue weighted by Crippen LogP contribution is -2.18. The van der Waals surface area contributed by atoms with Crippen LogP contribution < -0.4 is 14.9 Å². The van der Waals surface area contributed by atoms with E-state index in [0.717, 1.165) is 45.0 Å². The first-order valence-electron chi connectivity index (χ1n) is 11.1. The van der Waals surface area contributed by atoms with Gasteiger partial charge in [-0.25, -0.2) is 0 Å². The standard InChI is InChI=1S/C27H26N2O4S/c1-3-33-23-13-11-19(12-14-23)17(2)25(30)28-22-6-4-5-21(16-22)20-9-7-18(8-10-20)15-24-26(31)29-27(32)34-24/h4-14,16-17,31H,3,15H2,1-2H3,(H,28,30)(H,29,32). The van der Waals surface area contributed by atoms with E-state index in [1.54, 1.807) is 0 Å². The average Bonchev–Trinajstić information content (AvgIpc) is 3.16. The Labute approximate surface area is 201 Å². The molecule has 0 saturated carbocycles. The molecule has 3 aromatic carbocycles. The van der Waals surface area contributed by atoms with Crippen LogP contribution in [-0.2, 0) is 11.2 Å². The SMILES string of the molecule is CCOc1ccc(C(C)C(=O)Nc2cccc(-c3ccc(Cc4sc(=O)[nH]c4O)cc3)c2)cc1. The van der Waals surface area contributed by atoms with Crippen LogP contribution in [0.15, 0.2) is 77.6 Å². The molecule has 1 heterocycles. The number of carbonyl (C=O) groups is 1. The topological polar surface area (TPSA) is 91.4 Å². The Balaban J connectivity index is 1.43. The smallest absolute Gasteiger partial charge is 0.307 e. The van der Waals surface area contributed by atoms with Gasteiger partial charge >= 0.3 is 4.87 Å². The van der Waals surface area contributed by atoms with Gasteiger partial charge in [0, 0.05) is 12.1 Å². The Morgan fingerprint density at radius 1 is 1.06 bits per heavy atom. The zero-order valence-corrected chi connectivity index (χ0v) is 19.8. The second-order valence-corrected chi connectivity index (χ2v) is 9.02. The number of benzene rings is 3. The van der Waals surface area contributed by atoms with Crippen LogP contribution in [0.1, 0.15) is 35.8 Å². The normalized spacial score (nSPS) is 11.7. The maximum atomic E-state index is 12.8. The van der Waals surface area contributed by atoms with Crippen molar-refractivity contribution in [2.75, 3.05) is 11.9 Å². The molecule has 0 saturated heterocycles. The summed E-state index contributed by atoms with van der Waals surface area (Å²) in [6.45, 7) is 4.42. The van der Waals surface area contributed by atoms with E-state index < -0.39 is 0 Å². The highest BCUT2D eigenvalue weighted by atomic mass is 32.1. The number of rotatable bonds is 8. The highest BCUT2D eigenvalue weighted by Crippen LogP contribution is 2.27. The Hall–Kier alpha value is -3.84. The fourth-order valence-corrected chi connectivity index (χ4v) is 4.43. The highest BCUT2D eigenvalue weighted by molar-refractivity contribution is 7.09. The van der Waals surface area contributed by atoms with Crippen LogP contribution in [0.4, 0.5) is 5.69 Å². The number of anilines is 1. The zero-order valence-electron chi connectivity index (χ0n) is 19.0. The number of hydrogen-bond donors (Lipinski definition) is 3. The third-order valence-corrected chi connectivity index (χ3v) is 6.44. The molecule has 0 fully saturated rings. The first kappa shape index (κ1) is 23.3. The van der Waals surface area contributed by atoms with Crippen molar-refractivity contribution in [2.24, 2.45) is 0 Å². The van der Waals surface area contributed by atoms with Gasteiger partial charge in [-0.05, 0) is 60.4 Å². The fourth-order valence-electron chi connectivity index (χ4n) is 3.67. The lowest BCUT2D eigenvalue weighted by molar-refractivity contribution is -0.117. The number of carbonyl (C=O) groups excluding carboxylic acids is 1. The molecular weight excluding hydrogens is 448 g/mol. The second kappa shape index (κ2) is 10.4. The Bertz CT molecular complexity index is 1320. The monoisotopic (exact) mass is 474 g/mol. The first-order valence-corrected chi connectivity index (χ1v) is 11.9. The molecule has 3 N–H and O–H groups in total. The van der Waals surface area contributed by atoms with Crippen molar-refractivity contribution in [3.8, 4) is 22.8 Å². The molecular formula is C27H26N2O4S. The summed E-state index contributed by atoms with van der Waals surface area (Å²) in [6, 6.07) is 23.2. The van der Waals surface area contributed by atoms with Gasteiger partial charge in [0.05, 0.1) is 17.4 Å². The van der Waals surface area contributed by atoms with Crippen LogP contribution >= 0.6 is 11.3 Å². The average molecular weight is 475 g/mol. The summed E-state index contributed by atoms with van der Waals surface area (Å²) < 4.78 is 5.47. The summed E-state index contributed by atoms with van der Waals surface area (Å²) in [5.74, 6) is 0.335. The minimum atomic E-state index is -0.306. The predicted octanol–water partition coefficient (Wildman–Crippen LogP) is 5.54. The minimum absolute atomic E-state index is 0.0676. The van der Waals surface area contributed by atoms with E-state index in [2.05, 4.69) is 10.3 Å². The van der Waals surface area contributed by atoms with Crippen molar-refractivity contribution in [1.29, 1.82) is 0 Å². The number of nitrogens with one attached hydrogen (secondary N) is 2. The van der Waals surface area contributed by atoms with Crippen molar-refractivity contribution in [1.82, 2.24) is 4.98 Å². The Kier molecular flexibility index (Phi) is 7.13. The maximum absolute atomic E-state index is 12.8. The molecule has 174 valence electrons. The lowest BCUT2D eigenvalue weighted by atomic mass is 9.99. The molecule has 0 aliphatic carbocycles. The summed E-state index contributed by atoms with van der Waals surface area (Å²) in [4.78, 5) is 27.0. The third-order valence-electron chi connectivity index (χ3n) is 5.57. The largest absolute Gasteiger partial charge is 0.494 e. The van der Waals surface area contributed by atoms with Crippen molar-refractivity contribution in [3.05, 3.63) is 98.5 Å². The van der Waals surface area contributed by atoms with Gasteiger partial charge < -0.3 is 15.2 Å². The van der Waals surface area contributed by atoms with E-state index in [0.29, 0.717) is 17.9 Å². The maximum Gasteiger partial charge on any atom is 0.307 e. The van der Waals surface area contributed by atoms with E-state index in [1.807, 2.05) is 86.6 Å². The quantitative estimate of drug-likeness (QED) is 0.313. The molecule has 34 heavy (non-hydrogen) atoms. The van der Waals surface area contributed by atoms with Crippen LogP contribution in [0.2, 0.25) is 0 Å². The first-order chi connectivity index (χ1) is 16.4. The molecule has 1 amide bonds. The van der Waals surface area contributed by atoms with Crippen LogP contribution in [0, 0.1) is 0 Å². The summed E-state index contributed by atoms with van der Waals surface area (Å²) >= 11 is 1.01. The number of aromatic amines is 1. The molecule has 0 radical (unpaired) electrons. The second-order valence-electron chi connectivity index (χ2n) is 7.95. The Morgan fingerprint density at radius 2 is 1.79 bits per heavy atom. The molecule has 0 aliphatic rings. The number of amides is 1.